The maximum atomic E-state index is 3.71. The van der Waals surface area contributed by atoms with Crippen LogP contribution in [0.1, 0.15) is 36.3 Å². The molecule has 0 aromatic heterocycles. The maximum absolute atomic E-state index is 3.71. The third-order valence-electron chi connectivity index (χ3n) is 4.96. The average Bonchev–Trinajstić information content (AvgIpc) is 2.55. The Balaban J connectivity index is 1.72. The molecule has 0 saturated carbocycles. The van der Waals surface area contributed by atoms with Crippen molar-refractivity contribution in [2.75, 3.05) is 6.54 Å². The Hall–Kier alpha value is -1.60. The summed E-state index contributed by atoms with van der Waals surface area (Å²) >= 11 is 0. The van der Waals surface area contributed by atoms with E-state index in [9.17, 15) is 0 Å². The molecule has 0 spiro atoms. The topological polar surface area (TPSA) is 12.0 Å². The summed E-state index contributed by atoms with van der Waals surface area (Å²) < 4.78 is 0. The molecule has 1 heteroatoms. The molecule has 4 rings (SSSR count). The van der Waals surface area contributed by atoms with Gasteiger partial charge in [-0.25, -0.2) is 0 Å². The van der Waals surface area contributed by atoms with E-state index < -0.39 is 0 Å². The van der Waals surface area contributed by atoms with E-state index in [0.29, 0.717) is 0 Å². The summed E-state index contributed by atoms with van der Waals surface area (Å²) in [6.07, 6.45) is 5.20. The Morgan fingerprint density at radius 1 is 0.900 bits per heavy atom. The van der Waals surface area contributed by atoms with Crippen LogP contribution in [0.5, 0.6) is 0 Å². The molecule has 2 aromatic rings. The highest BCUT2D eigenvalue weighted by atomic mass is 14.9. The lowest BCUT2D eigenvalue weighted by atomic mass is 9.74. The van der Waals surface area contributed by atoms with Gasteiger partial charge in [-0.15, -0.1) is 0 Å². The first-order valence-electron chi connectivity index (χ1n) is 7.83. The zero-order valence-electron chi connectivity index (χ0n) is 11.8. The zero-order chi connectivity index (χ0) is 13.4. The molecule has 1 aliphatic carbocycles. The summed E-state index contributed by atoms with van der Waals surface area (Å²) in [7, 11) is 0. The van der Waals surface area contributed by atoms with Gasteiger partial charge in [0.05, 0.1) is 0 Å². The predicted octanol–water partition coefficient (Wildman–Crippen LogP) is 4.14. The number of hydrogen-bond acceptors (Lipinski definition) is 1. The molecule has 1 heterocycles. The fraction of sp³-hybridized carbons (Fsp3) is 0.368. The van der Waals surface area contributed by atoms with Crippen LogP contribution in [0.4, 0.5) is 0 Å². The van der Waals surface area contributed by atoms with Crippen LogP contribution in [0.25, 0.3) is 11.1 Å². The van der Waals surface area contributed by atoms with Crippen molar-refractivity contribution in [3.05, 3.63) is 59.7 Å². The first-order valence-corrected chi connectivity index (χ1v) is 7.83. The smallest absolute Gasteiger partial charge is 0.0139 e. The van der Waals surface area contributed by atoms with Crippen molar-refractivity contribution in [2.24, 2.45) is 0 Å². The molecule has 2 aliphatic rings. The normalized spacial score (nSPS) is 24.8. The quantitative estimate of drug-likeness (QED) is 0.815. The maximum Gasteiger partial charge on any atom is 0.0139 e. The van der Waals surface area contributed by atoms with E-state index in [-0.39, 0.29) is 0 Å². The van der Waals surface area contributed by atoms with Crippen LogP contribution in [-0.4, -0.2) is 12.6 Å². The molecule has 1 aliphatic heterocycles. The van der Waals surface area contributed by atoms with Crippen LogP contribution < -0.4 is 5.32 Å². The highest BCUT2D eigenvalue weighted by molar-refractivity contribution is 5.65. The van der Waals surface area contributed by atoms with Gasteiger partial charge in [0.1, 0.15) is 0 Å². The Morgan fingerprint density at radius 3 is 2.70 bits per heavy atom. The van der Waals surface area contributed by atoms with Crippen molar-refractivity contribution in [2.45, 2.75) is 37.6 Å². The second-order valence-electron chi connectivity index (χ2n) is 6.13. The van der Waals surface area contributed by atoms with Crippen molar-refractivity contribution in [1.82, 2.24) is 5.32 Å². The van der Waals surface area contributed by atoms with Gasteiger partial charge in [-0.2, -0.15) is 0 Å². The summed E-state index contributed by atoms with van der Waals surface area (Å²) in [5.74, 6) is 0.748. The van der Waals surface area contributed by atoms with Gasteiger partial charge in [-0.3, -0.25) is 0 Å². The monoisotopic (exact) mass is 263 g/mol. The number of rotatable bonds is 1. The Morgan fingerprint density at radius 2 is 1.80 bits per heavy atom. The first kappa shape index (κ1) is 12.2. The second-order valence-corrected chi connectivity index (χ2v) is 6.13. The van der Waals surface area contributed by atoms with Crippen LogP contribution in [0, 0.1) is 0 Å². The molecule has 2 aromatic carbocycles. The van der Waals surface area contributed by atoms with Crippen molar-refractivity contribution in [3.8, 4) is 11.1 Å². The fourth-order valence-electron chi connectivity index (χ4n) is 3.93. The van der Waals surface area contributed by atoms with Gasteiger partial charge >= 0.3 is 0 Å². The SMILES string of the molecule is c1ccc(-c2ccc3c(c2)CC[C@H]2NCCC[C@@H]32)cc1. The lowest BCUT2D eigenvalue weighted by molar-refractivity contribution is 0.319. The Labute approximate surface area is 121 Å². The summed E-state index contributed by atoms with van der Waals surface area (Å²) in [5, 5.41) is 3.71. The van der Waals surface area contributed by atoms with Crippen LogP contribution in [0.3, 0.4) is 0 Å². The first-order chi connectivity index (χ1) is 9.92. The minimum Gasteiger partial charge on any atom is -0.313 e. The van der Waals surface area contributed by atoms with E-state index in [0.717, 1.165) is 12.0 Å². The van der Waals surface area contributed by atoms with Crippen LogP contribution in [0.2, 0.25) is 0 Å². The minimum atomic E-state index is 0.721. The standard InChI is InChI=1S/C19H21N/c1-2-5-14(6-3-1)15-8-10-17-16(13-15)9-11-19-18(17)7-4-12-20-19/h1-3,5-6,8,10,13,18-20H,4,7,9,11-12H2/t18-,19+/m0/s1. The van der Waals surface area contributed by atoms with Gasteiger partial charge in [-0.1, -0.05) is 48.5 Å². The summed E-state index contributed by atoms with van der Waals surface area (Å²) in [6, 6.07) is 18.6. The number of benzene rings is 2. The average molecular weight is 263 g/mol. The second kappa shape index (κ2) is 5.06. The summed E-state index contributed by atoms with van der Waals surface area (Å²) in [4.78, 5) is 0. The number of aryl methyl sites for hydroxylation is 1. The van der Waals surface area contributed by atoms with Crippen molar-refractivity contribution >= 4 is 0 Å². The third kappa shape index (κ3) is 2.06. The minimum absolute atomic E-state index is 0.721. The Kier molecular flexibility index (Phi) is 3.08. The van der Waals surface area contributed by atoms with Crippen molar-refractivity contribution in [1.29, 1.82) is 0 Å². The van der Waals surface area contributed by atoms with Gasteiger partial charge < -0.3 is 5.32 Å². The van der Waals surface area contributed by atoms with E-state index in [1.807, 2.05) is 0 Å². The van der Waals surface area contributed by atoms with E-state index in [1.54, 1.807) is 11.1 Å². The predicted molar refractivity (Wildman–Crippen MR) is 84.0 cm³/mol. The highest BCUT2D eigenvalue weighted by Crippen LogP contribution is 2.38. The molecule has 1 fully saturated rings. The van der Waals surface area contributed by atoms with Gasteiger partial charge in [0, 0.05) is 6.04 Å². The molecule has 2 atom stereocenters. The molecule has 0 unspecified atom stereocenters. The molecule has 20 heavy (non-hydrogen) atoms. The van der Waals surface area contributed by atoms with Gasteiger partial charge in [0.2, 0.25) is 0 Å². The lowest BCUT2D eigenvalue weighted by Gasteiger charge is -2.38. The van der Waals surface area contributed by atoms with E-state index in [4.69, 9.17) is 0 Å². The van der Waals surface area contributed by atoms with Crippen LogP contribution in [0.15, 0.2) is 48.5 Å². The number of nitrogens with one attached hydrogen (secondary N) is 1. The highest BCUT2D eigenvalue weighted by Gasteiger charge is 2.31. The van der Waals surface area contributed by atoms with Gasteiger partial charge in [-0.05, 0) is 60.4 Å². The number of fused-ring (bicyclic) bond motifs is 3. The summed E-state index contributed by atoms with van der Waals surface area (Å²) in [5.41, 5.74) is 5.88. The number of piperidine rings is 1. The Bertz CT molecular complexity index is 602. The van der Waals surface area contributed by atoms with Crippen molar-refractivity contribution in [3.63, 3.8) is 0 Å². The number of hydrogen-bond donors (Lipinski definition) is 1. The molecular weight excluding hydrogens is 242 g/mol. The molecule has 102 valence electrons. The molecule has 1 N–H and O–H groups in total. The van der Waals surface area contributed by atoms with E-state index >= 15 is 0 Å². The molecule has 0 amide bonds. The molecule has 0 bridgehead atoms. The lowest BCUT2D eigenvalue weighted by Crippen LogP contribution is -2.42. The summed E-state index contributed by atoms with van der Waals surface area (Å²) in [6.45, 7) is 1.21. The molecular formula is C19H21N. The van der Waals surface area contributed by atoms with Gasteiger partial charge in [0.25, 0.3) is 0 Å². The van der Waals surface area contributed by atoms with Gasteiger partial charge in [0.15, 0.2) is 0 Å². The van der Waals surface area contributed by atoms with Crippen LogP contribution in [-0.2, 0) is 6.42 Å². The van der Waals surface area contributed by atoms with Crippen molar-refractivity contribution < 1.29 is 0 Å². The fourth-order valence-corrected chi connectivity index (χ4v) is 3.93. The molecule has 0 radical (unpaired) electrons. The van der Waals surface area contributed by atoms with Crippen LogP contribution >= 0.6 is 0 Å². The zero-order valence-corrected chi connectivity index (χ0v) is 11.8. The largest absolute Gasteiger partial charge is 0.313 e. The van der Waals surface area contributed by atoms with E-state index in [2.05, 4.69) is 53.8 Å². The molecule has 1 nitrogen and oxygen atoms in total. The molecule has 1 saturated heterocycles. The van der Waals surface area contributed by atoms with E-state index in [1.165, 1.54) is 43.4 Å². The third-order valence-corrected chi connectivity index (χ3v) is 4.96.